The van der Waals surface area contributed by atoms with E-state index in [1.807, 2.05) is 0 Å². The van der Waals surface area contributed by atoms with Crippen molar-refractivity contribution in [1.82, 2.24) is 27.4 Å². The van der Waals surface area contributed by atoms with Crippen LogP contribution in [0.15, 0.2) is 312 Å². The van der Waals surface area contributed by atoms with E-state index in [0.29, 0.717) is 13.1 Å². The van der Waals surface area contributed by atoms with Gasteiger partial charge in [-0.05, 0) is 168 Å². The van der Waals surface area contributed by atoms with Crippen LogP contribution in [0.2, 0.25) is 0 Å². The van der Waals surface area contributed by atoms with Crippen molar-refractivity contribution in [3.05, 3.63) is 323 Å². The fraction of sp³-hybridized carbons (Fsp3) is 0.0345. The van der Waals surface area contributed by atoms with E-state index in [0.717, 1.165) is 31.7 Å². The van der Waals surface area contributed by atoms with Gasteiger partial charge >= 0.3 is 0 Å². The van der Waals surface area contributed by atoms with Gasteiger partial charge in [0.2, 0.25) is 0 Å². The van der Waals surface area contributed by atoms with Crippen molar-refractivity contribution in [2.45, 2.75) is 18.5 Å². The van der Waals surface area contributed by atoms with Crippen molar-refractivity contribution in [2.24, 2.45) is 0 Å². The zero-order chi connectivity index (χ0) is 62.4. The van der Waals surface area contributed by atoms with Crippen LogP contribution in [0, 0.1) is 0 Å². The Morgan fingerprint density at radius 1 is 0.211 bits per heavy atom. The smallest absolute Gasteiger partial charge is 0.0573 e. The van der Waals surface area contributed by atoms with Gasteiger partial charge in [0, 0.05) is 131 Å². The third-order valence-corrected chi connectivity index (χ3v) is 22.1. The summed E-state index contributed by atoms with van der Waals surface area (Å²) in [4.78, 5) is 0. The Morgan fingerprint density at radius 3 is 0.663 bits per heavy atom. The molecular formula is C87H54Br2N6. The van der Waals surface area contributed by atoms with E-state index < -0.39 is 5.41 Å². The van der Waals surface area contributed by atoms with Gasteiger partial charge in [0.15, 0.2) is 0 Å². The quantitative estimate of drug-likeness (QED) is 0.145. The molecule has 20 aromatic rings. The molecule has 0 unspecified atom stereocenters. The van der Waals surface area contributed by atoms with E-state index in [9.17, 15) is 0 Å². The average molecular weight is 1340 g/mol. The molecular weight excluding hydrogens is 1290 g/mol. The highest BCUT2D eigenvalue weighted by atomic mass is 79.9. The normalized spacial score (nSPS) is 13.1. The fourth-order valence-corrected chi connectivity index (χ4v) is 18.0. The van der Waals surface area contributed by atoms with Crippen LogP contribution in [-0.2, 0) is 18.5 Å². The van der Waals surface area contributed by atoms with Gasteiger partial charge in [-0.2, -0.15) is 0 Å². The maximum atomic E-state index is 4.10. The van der Waals surface area contributed by atoms with Gasteiger partial charge in [-0.25, -0.2) is 0 Å². The molecule has 0 radical (unpaired) electrons. The number of rotatable bonds is 8. The molecule has 8 heteroatoms. The first-order valence-electron chi connectivity index (χ1n) is 32.6. The summed E-state index contributed by atoms with van der Waals surface area (Å²) in [6, 6.07) is 114. The topological polar surface area (TPSA) is 29.6 Å². The van der Waals surface area contributed by atoms with Gasteiger partial charge in [0.05, 0.1) is 49.5 Å². The molecule has 0 N–H and O–H groups in total. The van der Waals surface area contributed by atoms with Gasteiger partial charge in [0.25, 0.3) is 0 Å². The molecule has 446 valence electrons. The van der Waals surface area contributed by atoms with E-state index in [1.54, 1.807) is 0 Å². The molecule has 21 rings (SSSR count). The van der Waals surface area contributed by atoms with E-state index in [2.05, 4.69) is 363 Å². The first-order chi connectivity index (χ1) is 46.9. The van der Waals surface area contributed by atoms with Crippen molar-refractivity contribution in [3.63, 3.8) is 0 Å². The molecule has 0 aliphatic heterocycles. The highest BCUT2D eigenvalue weighted by molar-refractivity contribution is 9.10. The Labute approximate surface area is 561 Å². The number of hydrogen-bond donors (Lipinski definition) is 0. The standard InChI is InChI=1S/C87H54Br2N6/c88-53-33-39-59-60-40-34-54(89)46-74(60)87(73(59)45-53,51-90-75-41-35-55(92-79-25-9-1-17-61(79)62-18-2-10-26-80(62)92)47-69(75)70-48-56(36-42-76(70)90)93-81-27-11-3-19-63(81)64-20-4-12-28-82(64)93)52-91-77-43-37-57(94-83-29-13-5-21-65(83)66-22-6-14-30-84(66)94)49-71(77)72-50-58(38-44-78(72)91)95-85-31-15-7-23-67(85)68-24-8-16-32-86(68)95/h1-50H,51-52H2. The molecule has 14 aromatic carbocycles. The number of fused-ring (bicyclic) bond motifs is 21. The maximum absolute atomic E-state index is 4.10. The predicted octanol–water partition coefficient (Wildman–Crippen LogP) is 23.5. The monoisotopic (exact) mass is 1340 g/mol. The number of nitrogens with zero attached hydrogens (tertiary/aromatic N) is 6. The summed E-state index contributed by atoms with van der Waals surface area (Å²) in [7, 11) is 0. The SMILES string of the molecule is Brc1ccc2c(c1)C(Cn1c3ccc(-n4c5ccccc5c5ccccc54)cc3c3cc(-n4c5ccccc5c5ccccc54)ccc31)(Cn1c3ccc(-n4c5ccccc5c5ccccc54)cc3c3cc(-n4c5ccccc5c5ccccc54)ccc31)c1cc(Br)ccc1-2. The van der Waals surface area contributed by atoms with Gasteiger partial charge in [-0.3, -0.25) is 0 Å². The largest absolute Gasteiger partial charge is 0.339 e. The second kappa shape index (κ2) is 19.9. The van der Waals surface area contributed by atoms with Crippen LogP contribution in [-0.4, -0.2) is 27.4 Å². The van der Waals surface area contributed by atoms with Crippen LogP contribution < -0.4 is 0 Å². The van der Waals surface area contributed by atoms with Gasteiger partial charge in [-0.15, -0.1) is 0 Å². The van der Waals surface area contributed by atoms with Gasteiger partial charge < -0.3 is 27.4 Å². The number of halogens is 2. The third-order valence-electron chi connectivity index (χ3n) is 21.2. The number of aromatic nitrogens is 6. The summed E-state index contributed by atoms with van der Waals surface area (Å²) in [6.07, 6.45) is 0. The first-order valence-corrected chi connectivity index (χ1v) is 34.2. The van der Waals surface area contributed by atoms with Crippen molar-refractivity contribution in [3.8, 4) is 33.9 Å². The second-order valence-electron chi connectivity index (χ2n) is 25.9. The molecule has 0 fully saturated rings. The predicted molar refractivity (Wildman–Crippen MR) is 404 cm³/mol. The summed E-state index contributed by atoms with van der Waals surface area (Å²) in [5, 5.41) is 14.7. The fourth-order valence-electron chi connectivity index (χ4n) is 17.2. The molecule has 6 heterocycles. The average Bonchev–Trinajstić information content (AvgIpc) is 1.55. The molecule has 0 atom stereocenters. The lowest BCUT2D eigenvalue weighted by molar-refractivity contribution is 0.399. The Balaban J connectivity index is 0.841. The van der Waals surface area contributed by atoms with E-state index in [-0.39, 0.29) is 0 Å². The van der Waals surface area contributed by atoms with Crippen molar-refractivity contribution in [1.29, 1.82) is 0 Å². The van der Waals surface area contributed by atoms with Crippen LogP contribution >= 0.6 is 31.9 Å². The molecule has 1 aliphatic carbocycles. The molecule has 0 bridgehead atoms. The lowest BCUT2D eigenvalue weighted by Crippen LogP contribution is -2.36. The van der Waals surface area contributed by atoms with E-state index >= 15 is 0 Å². The summed E-state index contributed by atoms with van der Waals surface area (Å²) < 4.78 is 17.3. The molecule has 95 heavy (non-hydrogen) atoms. The summed E-state index contributed by atoms with van der Waals surface area (Å²) in [6.45, 7) is 1.26. The van der Waals surface area contributed by atoms with Crippen LogP contribution in [0.25, 0.3) is 165 Å². The maximum Gasteiger partial charge on any atom is 0.0573 e. The number of benzene rings is 14. The zero-order valence-electron chi connectivity index (χ0n) is 51.2. The van der Waals surface area contributed by atoms with Crippen molar-refractivity contribution in [2.75, 3.05) is 0 Å². The van der Waals surface area contributed by atoms with Crippen LogP contribution in [0.1, 0.15) is 11.1 Å². The molecule has 1 aliphatic rings. The molecule has 0 spiro atoms. The summed E-state index contributed by atoms with van der Waals surface area (Å²) >= 11 is 8.21. The highest BCUT2D eigenvalue weighted by Gasteiger charge is 2.46. The molecule has 0 amide bonds. The van der Waals surface area contributed by atoms with Crippen LogP contribution in [0.3, 0.4) is 0 Å². The Bertz CT molecular complexity index is 5760. The van der Waals surface area contributed by atoms with Gasteiger partial charge in [0.1, 0.15) is 0 Å². The Hall–Kier alpha value is -11.2. The molecule has 0 saturated heterocycles. The lowest BCUT2D eigenvalue weighted by atomic mass is 9.77. The highest BCUT2D eigenvalue weighted by Crippen LogP contribution is 2.55. The number of hydrogen-bond acceptors (Lipinski definition) is 0. The molecule has 0 saturated carbocycles. The second-order valence-corrected chi connectivity index (χ2v) is 27.8. The first kappa shape index (κ1) is 53.4. The van der Waals surface area contributed by atoms with Crippen molar-refractivity contribution >= 4 is 163 Å². The van der Waals surface area contributed by atoms with E-state index in [1.165, 1.54) is 153 Å². The van der Waals surface area contributed by atoms with Crippen LogP contribution in [0.5, 0.6) is 0 Å². The Kier molecular flexibility index (Phi) is 11.2. The minimum absolute atomic E-state index is 0.628. The number of para-hydroxylation sites is 8. The lowest BCUT2D eigenvalue weighted by Gasteiger charge is -2.35. The molecule has 6 nitrogen and oxygen atoms in total. The van der Waals surface area contributed by atoms with E-state index in [4.69, 9.17) is 0 Å². The molecule has 6 aromatic heterocycles. The minimum atomic E-state index is -0.649. The Morgan fingerprint density at radius 2 is 0.432 bits per heavy atom. The summed E-state index contributed by atoms with van der Waals surface area (Å²) in [5.41, 5.74) is 23.1. The van der Waals surface area contributed by atoms with Crippen LogP contribution in [0.4, 0.5) is 0 Å². The summed E-state index contributed by atoms with van der Waals surface area (Å²) in [5.74, 6) is 0. The van der Waals surface area contributed by atoms with Crippen molar-refractivity contribution < 1.29 is 0 Å². The third kappa shape index (κ3) is 7.49. The van der Waals surface area contributed by atoms with Gasteiger partial charge in [-0.1, -0.05) is 190 Å². The zero-order valence-corrected chi connectivity index (χ0v) is 54.4. The minimum Gasteiger partial charge on any atom is -0.339 e.